The molecule has 2 N–H and O–H groups in total. The first-order chi connectivity index (χ1) is 7.91. The Morgan fingerprint density at radius 3 is 2.47 bits per heavy atom. The molecule has 0 spiro atoms. The van der Waals surface area contributed by atoms with E-state index in [9.17, 15) is 4.79 Å². The molecule has 0 fully saturated rings. The van der Waals surface area contributed by atoms with Gasteiger partial charge in [-0.1, -0.05) is 35.1 Å². The Kier molecular flexibility index (Phi) is 5.08. The summed E-state index contributed by atoms with van der Waals surface area (Å²) >= 11 is 8.22. The van der Waals surface area contributed by atoms with Gasteiger partial charge >= 0.3 is 0 Å². The summed E-state index contributed by atoms with van der Waals surface area (Å²) in [6.07, 6.45) is 0. The summed E-state index contributed by atoms with van der Waals surface area (Å²) in [4.78, 5) is 14.1. The Morgan fingerprint density at radius 1 is 1.47 bits per heavy atom. The second-order valence-electron chi connectivity index (χ2n) is 4.00. The van der Waals surface area contributed by atoms with E-state index in [1.165, 1.54) is 0 Å². The first-order valence-electron chi connectivity index (χ1n) is 5.22. The number of halogens is 1. The van der Waals surface area contributed by atoms with Crippen LogP contribution < -0.4 is 5.73 Å². The van der Waals surface area contributed by atoms with Crippen LogP contribution in [0, 0.1) is 5.92 Å². The Labute approximate surface area is 115 Å². The van der Waals surface area contributed by atoms with Gasteiger partial charge in [0.15, 0.2) is 0 Å². The minimum Gasteiger partial charge on any atom is -0.393 e. The topological polar surface area (TPSA) is 46.3 Å². The van der Waals surface area contributed by atoms with E-state index in [0.29, 0.717) is 17.1 Å². The van der Waals surface area contributed by atoms with Crippen molar-refractivity contribution in [3.8, 4) is 0 Å². The molecular weight excluding hydrogens is 300 g/mol. The molecule has 1 unspecified atom stereocenters. The van der Waals surface area contributed by atoms with Crippen LogP contribution in [-0.2, 0) is 0 Å². The molecule has 0 heterocycles. The van der Waals surface area contributed by atoms with Crippen LogP contribution in [0.4, 0.5) is 0 Å². The number of nitrogens with two attached hydrogens (primary N) is 1. The average molecular weight is 315 g/mol. The number of hydrogen-bond donors (Lipinski definition) is 1. The molecule has 0 aromatic heterocycles. The zero-order valence-corrected chi connectivity index (χ0v) is 12.2. The second-order valence-corrected chi connectivity index (χ2v) is 5.38. The van der Waals surface area contributed by atoms with Crippen molar-refractivity contribution in [3.05, 3.63) is 34.3 Å². The highest BCUT2D eigenvalue weighted by molar-refractivity contribution is 9.10. The largest absolute Gasteiger partial charge is 0.393 e. The molecule has 0 saturated carbocycles. The molecule has 1 rings (SSSR count). The molecule has 1 atom stereocenters. The number of rotatable bonds is 4. The zero-order valence-electron chi connectivity index (χ0n) is 9.81. The van der Waals surface area contributed by atoms with E-state index in [4.69, 9.17) is 18.0 Å². The maximum absolute atomic E-state index is 12.0. The highest BCUT2D eigenvalue weighted by atomic mass is 79.9. The molecule has 92 valence electrons. The third kappa shape index (κ3) is 4.09. The molecule has 0 aliphatic heterocycles. The lowest BCUT2D eigenvalue weighted by atomic mass is 10.1. The molecule has 1 amide bonds. The minimum absolute atomic E-state index is 0.0226. The number of hydrogen-bond acceptors (Lipinski definition) is 2. The second kappa shape index (κ2) is 6.12. The lowest BCUT2D eigenvalue weighted by Crippen LogP contribution is -2.35. The smallest absolute Gasteiger partial charge is 0.253 e. The van der Waals surface area contributed by atoms with Crippen LogP contribution >= 0.6 is 28.1 Å². The summed E-state index contributed by atoms with van der Waals surface area (Å²) < 4.78 is 0.952. The molecule has 5 heteroatoms. The molecule has 0 aliphatic carbocycles. The van der Waals surface area contributed by atoms with Crippen molar-refractivity contribution in [2.45, 2.75) is 6.92 Å². The van der Waals surface area contributed by atoms with Gasteiger partial charge in [-0.05, 0) is 24.3 Å². The highest BCUT2D eigenvalue weighted by Crippen LogP contribution is 2.12. The van der Waals surface area contributed by atoms with E-state index in [1.54, 1.807) is 24.1 Å². The predicted molar refractivity (Wildman–Crippen MR) is 77.1 cm³/mol. The number of thiocarbonyl (C=S) groups is 1. The fourth-order valence-electron chi connectivity index (χ4n) is 1.40. The number of nitrogens with zero attached hydrogens (tertiary/aromatic N) is 1. The Morgan fingerprint density at radius 2 is 2.00 bits per heavy atom. The van der Waals surface area contributed by atoms with Gasteiger partial charge in [-0.25, -0.2) is 0 Å². The van der Waals surface area contributed by atoms with Gasteiger partial charge in [0, 0.05) is 29.5 Å². The molecule has 0 radical (unpaired) electrons. The maximum atomic E-state index is 12.0. The molecule has 0 aliphatic rings. The summed E-state index contributed by atoms with van der Waals surface area (Å²) in [5.41, 5.74) is 6.19. The predicted octanol–water partition coefficient (Wildman–Crippen LogP) is 2.44. The van der Waals surface area contributed by atoms with Crippen LogP contribution in [-0.4, -0.2) is 29.4 Å². The third-order valence-electron chi connectivity index (χ3n) is 2.47. The van der Waals surface area contributed by atoms with E-state index in [1.807, 2.05) is 19.1 Å². The van der Waals surface area contributed by atoms with E-state index in [0.717, 1.165) is 4.47 Å². The highest BCUT2D eigenvalue weighted by Gasteiger charge is 2.15. The molecule has 0 saturated heterocycles. The van der Waals surface area contributed by atoms with Gasteiger partial charge in [-0.15, -0.1) is 0 Å². The van der Waals surface area contributed by atoms with Gasteiger partial charge in [-0.3, -0.25) is 4.79 Å². The lowest BCUT2D eigenvalue weighted by molar-refractivity contribution is 0.0787. The third-order valence-corrected chi connectivity index (χ3v) is 3.40. The van der Waals surface area contributed by atoms with Gasteiger partial charge in [0.2, 0.25) is 0 Å². The van der Waals surface area contributed by atoms with Gasteiger partial charge in [-0.2, -0.15) is 0 Å². The number of benzene rings is 1. The van der Waals surface area contributed by atoms with Crippen molar-refractivity contribution in [1.82, 2.24) is 4.90 Å². The van der Waals surface area contributed by atoms with Crippen molar-refractivity contribution < 1.29 is 4.79 Å². The van der Waals surface area contributed by atoms with Crippen LogP contribution in [0.3, 0.4) is 0 Å². The normalized spacial score (nSPS) is 11.9. The lowest BCUT2D eigenvalue weighted by Gasteiger charge is -2.21. The first kappa shape index (κ1) is 14.1. The zero-order chi connectivity index (χ0) is 13.0. The summed E-state index contributed by atoms with van der Waals surface area (Å²) in [6, 6.07) is 7.26. The fraction of sp³-hybridized carbons (Fsp3) is 0.333. The number of carbonyl (C=O) groups excluding carboxylic acids is 1. The van der Waals surface area contributed by atoms with E-state index in [2.05, 4.69) is 15.9 Å². The van der Waals surface area contributed by atoms with Gasteiger partial charge in [0.1, 0.15) is 0 Å². The van der Waals surface area contributed by atoms with Gasteiger partial charge in [0.05, 0.1) is 4.99 Å². The van der Waals surface area contributed by atoms with Crippen molar-refractivity contribution in [3.63, 3.8) is 0 Å². The van der Waals surface area contributed by atoms with Crippen molar-refractivity contribution in [2.75, 3.05) is 13.6 Å². The Hall–Kier alpha value is -0.940. The fourth-order valence-corrected chi connectivity index (χ4v) is 1.74. The quantitative estimate of drug-likeness (QED) is 0.868. The standard InChI is InChI=1S/C12H15BrN2OS/c1-8(11(14)17)7-15(2)12(16)9-3-5-10(13)6-4-9/h3-6,8H,7H2,1-2H3,(H2,14,17). The molecule has 1 aromatic rings. The number of carbonyl (C=O) groups is 1. The average Bonchev–Trinajstić information content (AvgIpc) is 2.28. The van der Waals surface area contributed by atoms with Crippen molar-refractivity contribution in [1.29, 1.82) is 0 Å². The number of amides is 1. The summed E-state index contributed by atoms with van der Waals surface area (Å²) in [6.45, 7) is 2.44. The first-order valence-corrected chi connectivity index (χ1v) is 6.42. The van der Waals surface area contributed by atoms with Crippen LogP contribution in [0.1, 0.15) is 17.3 Å². The molecule has 3 nitrogen and oxygen atoms in total. The Balaban J connectivity index is 2.70. The monoisotopic (exact) mass is 314 g/mol. The SMILES string of the molecule is CC(CN(C)C(=O)c1ccc(Br)cc1)C(N)=S. The van der Waals surface area contributed by atoms with E-state index >= 15 is 0 Å². The maximum Gasteiger partial charge on any atom is 0.253 e. The molecular formula is C12H15BrN2OS. The summed E-state index contributed by atoms with van der Waals surface area (Å²) in [5, 5.41) is 0. The van der Waals surface area contributed by atoms with Crippen LogP contribution in [0.5, 0.6) is 0 Å². The van der Waals surface area contributed by atoms with E-state index < -0.39 is 0 Å². The molecule has 0 bridgehead atoms. The van der Waals surface area contributed by atoms with E-state index in [-0.39, 0.29) is 11.8 Å². The summed E-state index contributed by atoms with van der Waals surface area (Å²) in [7, 11) is 1.75. The summed E-state index contributed by atoms with van der Waals surface area (Å²) in [5.74, 6) is -0.00463. The van der Waals surface area contributed by atoms with Gasteiger partial charge < -0.3 is 10.6 Å². The van der Waals surface area contributed by atoms with Crippen molar-refractivity contribution in [2.24, 2.45) is 11.7 Å². The van der Waals surface area contributed by atoms with Crippen LogP contribution in [0.2, 0.25) is 0 Å². The Bertz CT molecular complexity index is 419. The minimum atomic E-state index is -0.0272. The molecule has 17 heavy (non-hydrogen) atoms. The molecule has 1 aromatic carbocycles. The van der Waals surface area contributed by atoms with Crippen LogP contribution in [0.25, 0.3) is 0 Å². The van der Waals surface area contributed by atoms with Crippen molar-refractivity contribution >= 4 is 39.0 Å². The van der Waals surface area contributed by atoms with Crippen LogP contribution in [0.15, 0.2) is 28.7 Å². The van der Waals surface area contributed by atoms with Gasteiger partial charge in [0.25, 0.3) is 5.91 Å².